The molecule has 2 aromatic rings. The quantitative estimate of drug-likeness (QED) is 0.832. The summed E-state index contributed by atoms with van der Waals surface area (Å²) in [6.07, 6.45) is 3.81. The highest BCUT2D eigenvalue weighted by Gasteiger charge is 2.29. The number of carbonyl (C=O) groups excluding carboxylic acids is 1. The van der Waals surface area contributed by atoms with Gasteiger partial charge in [0.05, 0.1) is 12.2 Å². The van der Waals surface area contributed by atoms with E-state index in [0.717, 1.165) is 12.1 Å². The summed E-state index contributed by atoms with van der Waals surface area (Å²) in [4.78, 5) is 21.9. The van der Waals surface area contributed by atoms with Gasteiger partial charge in [0.15, 0.2) is 0 Å². The van der Waals surface area contributed by atoms with Gasteiger partial charge in [-0.2, -0.15) is 5.10 Å². The fourth-order valence-electron chi connectivity index (χ4n) is 2.18. The molecule has 21 heavy (non-hydrogen) atoms. The van der Waals surface area contributed by atoms with Crippen molar-refractivity contribution in [2.45, 2.75) is 19.4 Å². The van der Waals surface area contributed by atoms with Crippen molar-refractivity contribution < 1.29 is 9.53 Å². The molecule has 3 rings (SSSR count). The highest BCUT2D eigenvalue weighted by molar-refractivity contribution is 5.90. The van der Waals surface area contributed by atoms with Gasteiger partial charge in [-0.15, -0.1) is 5.10 Å². The Morgan fingerprint density at radius 1 is 1.29 bits per heavy atom. The Morgan fingerprint density at radius 3 is 2.81 bits per heavy atom. The van der Waals surface area contributed by atoms with Crippen LogP contribution in [0.1, 0.15) is 22.7 Å². The van der Waals surface area contributed by atoms with Gasteiger partial charge in [0.1, 0.15) is 6.10 Å². The molecule has 0 bridgehead atoms. The Balaban J connectivity index is 1.60. The van der Waals surface area contributed by atoms with Crippen molar-refractivity contribution in [3.63, 3.8) is 0 Å². The van der Waals surface area contributed by atoms with Crippen LogP contribution in [0.4, 0.5) is 0 Å². The normalized spacial score (nSPS) is 17.8. The summed E-state index contributed by atoms with van der Waals surface area (Å²) < 4.78 is 5.74. The highest BCUT2D eigenvalue weighted by Crippen LogP contribution is 2.17. The van der Waals surface area contributed by atoms with Gasteiger partial charge in [-0.25, -0.2) is 9.97 Å². The molecule has 7 heteroatoms. The van der Waals surface area contributed by atoms with Crippen LogP contribution in [-0.4, -0.2) is 50.2 Å². The predicted octanol–water partition coefficient (Wildman–Crippen LogP) is 0.869. The second-order valence-electron chi connectivity index (χ2n) is 4.87. The molecule has 7 nitrogen and oxygen atoms in total. The first-order valence-corrected chi connectivity index (χ1v) is 6.75. The van der Waals surface area contributed by atoms with Crippen LogP contribution in [0.25, 0.3) is 0 Å². The second kappa shape index (κ2) is 5.82. The number of hydrogen-bond donors (Lipinski definition) is 0. The third kappa shape index (κ3) is 3.13. The van der Waals surface area contributed by atoms with E-state index in [1.807, 2.05) is 13.0 Å². The molecule has 0 saturated carbocycles. The number of ether oxygens (including phenoxy) is 1. The maximum atomic E-state index is 12.2. The summed E-state index contributed by atoms with van der Waals surface area (Å²) in [5, 5.41) is 7.92. The number of rotatable bonds is 3. The summed E-state index contributed by atoms with van der Waals surface area (Å²) in [5.41, 5.74) is 0.840. The number of nitrogens with zero attached hydrogens (tertiary/aromatic N) is 5. The summed E-state index contributed by atoms with van der Waals surface area (Å²) in [7, 11) is 0. The van der Waals surface area contributed by atoms with Crippen LogP contribution in [0.2, 0.25) is 0 Å². The minimum atomic E-state index is -0.170. The third-order valence-electron chi connectivity index (χ3n) is 3.25. The number of amides is 1. The molecule has 1 fully saturated rings. The van der Waals surface area contributed by atoms with Crippen molar-refractivity contribution in [2.24, 2.45) is 0 Å². The molecular formula is C14H15N5O2. The molecule has 0 N–H and O–H groups in total. The average Bonchev–Trinajstić information content (AvgIpc) is 2.98. The Morgan fingerprint density at radius 2 is 2.10 bits per heavy atom. The lowest BCUT2D eigenvalue weighted by Gasteiger charge is -2.15. The van der Waals surface area contributed by atoms with Crippen LogP contribution >= 0.6 is 0 Å². The van der Waals surface area contributed by atoms with E-state index < -0.39 is 0 Å². The molecule has 1 amide bonds. The summed E-state index contributed by atoms with van der Waals surface area (Å²) >= 11 is 0. The molecule has 0 aromatic carbocycles. The number of aromatic nitrogens is 4. The van der Waals surface area contributed by atoms with Gasteiger partial charge in [-0.1, -0.05) is 0 Å². The fourth-order valence-corrected chi connectivity index (χ4v) is 2.18. The number of aryl methyl sites for hydroxylation is 1. The summed E-state index contributed by atoms with van der Waals surface area (Å²) in [6, 6.07) is 5.31. The minimum Gasteiger partial charge on any atom is -0.471 e. The monoisotopic (exact) mass is 285 g/mol. The molecule has 1 atom stereocenters. The lowest BCUT2D eigenvalue weighted by atomic mass is 10.3. The lowest BCUT2D eigenvalue weighted by molar-refractivity contribution is 0.0759. The van der Waals surface area contributed by atoms with Crippen molar-refractivity contribution in [1.82, 2.24) is 25.1 Å². The Labute approximate surface area is 122 Å². The largest absolute Gasteiger partial charge is 0.471 e. The van der Waals surface area contributed by atoms with Crippen LogP contribution in [-0.2, 0) is 0 Å². The van der Waals surface area contributed by atoms with Gasteiger partial charge in [-0.3, -0.25) is 4.79 Å². The molecule has 1 unspecified atom stereocenters. The van der Waals surface area contributed by atoms with E-state index >= 15 is 0 Å². The predicted molar refractivity (Wildman–Crippen MR) is 73.7 cm³/mol. The summed E-state index contributed by atoms with van der Waals surface area (Å²) in [6.45, 7) is 3.00. The average molecular weight is 285 g/mol. The highest BCUT2D eigenvalue weighted by atomic mass is 16.5. The van der Waals surface area contributed by atoms with E-state index in [0.29, 0.717) is 19.0 Å². The number of carbonyl (C=O) groups is 1. The van der Waals surface area contributed by atoms with Crippen LogP contribution in [0.5, 0.6) is 5.88 Å². The molecule has 0 radical (unpaired) electrons. The second-order valence-corrected chi connectivity index (χ2v) is 4.87. The molecule has 108 valence electrons. The SMILES string of the molecule is Cc1ccc(OC2CCN(C(=O)c3ncccn3)C2)nn1. The van der Waals surface area contributed by atoms with Crippen LogP contribution < -0.4 is 4.74 Å². The Kier molecular flexibility index (Phi) is 3.72. The summed E-state index contributed by atoms with van der Waals surface area (Å²) in [5.74, 6) is 0.529. The van der Waals surface area contributed by atoms with E-state index in [9.17, 15) is 4.79 Å². The Hall–Kier alpha value is -2.57. The Bertz CT molecular complexity index is 617. The van der Waals surface area contributed by atoms with Crippen LogP contribution in [0.3, 0.4) is 0 Å². The molecule has 0 aliphatic carbocycles. The van der Waals surface area contributed by atoms with E-state index in [2.05, 4.69) is 20.2 Å². The topological polar surface area (TPSA) is 81.1 Å². The van der Waals surface area contributed by atoms with E-state index in [-0.39, 0.29) is 17.8 Å². The maximum absolute atomic E-state index is 12.2. The molecule has 2 aromatic heterocycles. The van der Waals surface area contributed by atoms with Gasteiger partial charge in [0.25, 0.3) is 5.91 Å². The zero-order chi connectivity index (χ0) is 14.7. The lowest BCUT2D eigenvalue weighted by Crippen LogP contribution is -2.32. The first-order chi connectivity index (χ1) is 10.2. The zero-order valence-corrected chi connectivity index (χ0v) is 11.6. The van der Waals surface area contributed by atoms with Crippen molar-refractivity contribution in [3.8, 4) is 5.88 Å². The van der Waals surface area contributed by atoms with Crippen molar-refractivity contribution in [1.29, 1.82) is 0 Å². The van der Waals surface area contributed by atoms with E-state index in [1.54, 1.807) is 29.4 Å². The maximum Gasteiger partial charge on any atom is 0.291 e. The zero-order valence-electron chi connectivity index (χ0n) is 11.6. The third-order valence-corrected chi connectivity index (χ3v) is 3.25. The molecule has 1 aliphatic rings. The van der Waals surface area contributed by atoms with Crippen molar-refractivity contribution in [2.75, 3.05) is 13.1 Å². The van der Waals surface area contributed by atoms with Gasteiger partial charge in [0, 0.05) is 31.4 Å². The number of hydrogen-bond acceptors (Lipinski definition) is 6. The van der Waals surface area contributed by atoms with E-state index in [4.69, 9.17) is 4.74 Å². The van der Waals surface area contributed by atoms with Crippen LogP contribution in [0, 0.1) is 6.92 Å². The smallest absolute Gasteiger partial charge is 0.291 e. The van der Waals surface area contributed by atoms with Crippen LogP contribution in [0.15, 0.2) is 30.6 Å². The molecule has 1 saturated heterocycles. The van der Waals surface area contributed by atoms with Gasteiger partial charge >= 0.3 is 0 Å². The van der Waals surface area contributed by atoms with Gasteiger partial charge in [0.2, 0.25) is 11.7 Å². The molecule has 1 aliphatic heterocycles. The number of likely N-dealkylation sites (tertiary alicyclic amines) is 1. The molecular weight excluding hydrogens is 270 g/mol. The molecule has 3 heterocycles. The fraction of sp³-hybridized carbons (Fsp3) is 0.357. The van der Waals surface area contributed by atoms with Crippen molar-refractivity contribution >= 4 is 5.91 Å². The molecule has 0 spiro atoms. The van der Waals surface area contributed by atoms with Gasteiger partial charge in [-0.05, 0) is 19.1 Å². The first kappa shape index (κ1) is 13.4. The first-order valence-electron chi connectivity index (χ1n) is 6.75. The minimum absolute atomic E-state index is 0.0744. The standard InChI is InChI=1S/C14H15N5O2/c1-10-3-4-12(18-17-10)21-11-5-8-19(9-11)14(20)13-15-6-2-7-16-13/h2-4,6-7,11H,5,8-9H2,1H3. The van der Waals surface area contributed by atoms with Gasteiger partial charge < -0.3 is 9.64 Å². The van der Waals surface area contributed by atoms with E-state index in [1.165, 1.54) is 0 Å². The van der Waals surface area contributed by atoms with Crippen molar-refractivity contribution in [3.05, 3.63) is 42.1 Å².